The molecule has 1 saturated heterocycles. The second-order valence-corrected chi connectivity index (χ2v) is 5.69. The molecule has 2 aromatic rings. The first kappa shape index (κ1) is 16.9. The Morgan fingerprint density at radius 3 is 2.18 bits per heavy atom. The van der Waals surface area contributed by atoms with Crippen LogP contribution in [0.15, 0.2) is 30.3 Å². The number of rotatable bonds is 5. The normalized spacial score (nSPS) is 14.8. The van der Waals surface area contributed by atoms with Crippen LogP contribution < -0.4 is 9.47 Å². The number of hydrogen-bond acceptors (Lipinski definition) is 3. The highest BCUT2D eigenvalue weighted by atomic mass is 35.5. The van der Waals surface area contributed by atoms with Crippen molar-refractivity contribution in [2.24, 2.45) is 0 Å². The Kier molecular flexibility index (Phi) is 5.92. The van der Waals surface area contributed by atoms with E-state index in [-0.39, 0.29) is 12.4 Å². The summed E-state index contributed by atoms with van der Waals surface area (Å²) in [5.74, 6) is 1.58. The van der Waals surface area contributed by atoms with Crippen molar-refractivity contribution in [3.05, 3.63) is 35.9 Å². The fourth-order valence-electron chi connectivity index (χ4n) is 3.07. The van der Waals surface area contributed by atoms with Gasteiger partial charge in [0, 0.05) is 6.54 Å². The van der Waals surface area contributed by atoms with Gasteiger partial charge >= 0.3 is 0 Å². The van der Waals surface area contributed by atoms with Gasteiger partial charge in [0.15, 0.2) is 11.5 Å². The average Bonchev–Trinajstić information content (AvgIpc) is 3.04. The van der Waals surface area contributed by atoms with Crippen LogP contribution in [-0.4, -0.2) is 38.8 Å². The number of benzene rings is 2. The van der Waals surface area contributed by atoms with Gasteiger partial charge in [0.05, 0.1) is 14.2 Å². The molecule has 1 aliphatic rings. The predicted octanol–water partition coefficient (Wildman–Crippen LogP) is 3.92. The molecule has 0 radical (unpaired) electrons. The number of likely N-dealkylation sites (tertiary alicyclic amines) is 1. The van der Waals surface area contributed by atoms with E-state index in [1.54, 1.807) is 14.2 Å². The largest absolute Gasteiger partial charge is 0.493 e. The summed E-state index contributed by atoms with van der Waals surface area (Å²) in [7, 11) is 3.36. The van der Waals surface area contributed by atoms with Crippen molar-refractivity contribution in [1.29, 1.82) is 0 Å². The lowest BCUT2D eigenvalue weighted by molar-refractivity contribution is 0.343. The zero-order valence-corrected chi connectivity index (χ0v) is 14.1. The second kappa shape index (κ2) is 7.70. The smallest absolute Gasteiger partial charge is 0.161 e. The molecule has 2 aromatic carbocycles. The fourth-order valence-corrected chi connectivity index (χ4v) is 3.07. The van der Waals surface area contributed by atoms with E-state index in [1.165, 1.54) is 48.8 Å². The molecule has 1 fully saturated rings. The lowest BCUT2D eigenvalue weighted by Crippen LogP contribution is -2.21. The monoisotopic (exact) mass is 321 g/mol. The van der Waals surface area contributed by atoms with E-state index in [0.29, 0.717) is 0 Å². The molecule has 22 heavy (non-hydrogen) atoms. The number of ether oxygens (including phenoxy) is 2. The van der Waals surface area contributed by atoms with Crippen molar-refractivity contribution in [3.8, 4) is 11.5 Å². The van der Waals surface area contributed by atoms with Crippen LogP contribution >= 0.6 is 12.4 Å². The zero-order chi connectivity index (χ0) is 14.7. The van der Waals surface area contributed by atoms with Crippen molar-refractivity contribution >= 4 is 23.2 Å². The van der Waals surface area contributed by atoms with Gasteiger partial charge in [0.25, 0.3) is 0 Å². The van der Waals surface area contributed by atoms with Crippen LogP contribution in [0.4, 0.5) is 0 Å². The van der Waals surface area contributed by atoms with Gasteiger partial charge < -0.3 is 14.4 Å². The van der Waals surface area contributed by atoms with Crippen LogP contribution in [0.3, 0.4) is 0 Å². The van der Waals surface area contributed by atoms with Crippen molar-refractivity contribution in [3.63, 3.8) is 0 Å². The molecule has 0 spiro atoms. The van der Waals surface area contributed by atoms with E-state index in [1.807, 2.05) is 6.07 Å². The molecule has 120 valence electrons. The Labute approximate surface area is 138 Å². The van der Waals surface area contributed by atoms with E-state index < -0.39 is 0 Å². The standard InChI is InChI=1S/C18H23NO2.ClH/c1-20-17-12-15-6-5-14(7-10-19-8-3-4-9-19)11-16(15)13-18(17)21-2;/h5-6,11-13H,3-4,7-10H2,1-2H3;1H. The summed E-state index contributed by atoms with van der Waals surface area (Å²) in [6, 6.07) is 10.8. The zero-order valence-electron chi connectivity index (χ0n) is 13.3. The lowest BCUT2D eigenvalue weighted by atomic mass is 10.0. The van der Waals surface area contributed by atoms with Crippen LogP contribution in [0.5, 0.6) is 11.5 Å². The highest BCUT2D eigenvalue weighted by molar-refractivity contribution is 5.86. The Hall–Kier alpha value is -1.45. The Morgan fingerprint density at radius 2 is 1.55 bits per heavy atom. The van der Waals surface area contributed by atoms with Gasteiger partial charge in [-0.25, -0.2) is 0 Å². The van der Waals surface area contributed by atoms with E-state index in [4.69, 9.17) is 9.47 Å². The summed E-state index contributed by atoms with van der Waals surface area (Å²) >= 11 is 0. The quantitative estimate of drug-likeness (QED) is 0.833. The highest BCUT2D eigenvalue weighted by Gasteiger charge is 2.11. The summed E-state index contributed by atoms with van der Waals surface area (Å²) in [6.45, 7) is 3.69. The van der Waals surface area contributed by atoms with Gasteiger partial charge in [0.1, 0.15) is 0 Å². The molecule has 0 unspecified atom stereocenters. The molecule has 3 rings (SSSR count). The van der Waals surface area contributed by atoms with Crippen LogP contribution in [0.1, 0.15) is 18.4 Å². The molecule has 0 aliphatic carbocycles. The first-order chi connectivity index (χ1) is 10.3. The maximum atomic E-state index is 5.39. The summed E-state index contributed by atoms with van der Waals surface area (Å²) in [5.41, 5.74) is 1.39. The maximum absolute atomic E-state index is 5.39. The third kappa shape index (κ3) is 3.65. The minimum Gasteiger partial charge on any atom is -0.493 e. The summed E-state index contributed by atoms with van der Waals surface area (Å²) < 4.78 is 10.8. The van der Waals surface area contributed by atoms with Gasteiger partial charge in [-0.2, -0.15) is 0 Å². The second-order valence-electron chi connectivity index (χ2n) is 5.69. The molecular formula is C18H24ClNO2. The molecule has 0 amide bonds. The summed E-state index contributed by atoms with van der Waals surface area (Å²) in [6.07, 6.45) is 3.83. The molecule has 0 bridgehead atoms. The molecule has 0 atom stereocenters. The first-order valence-electron chi connectivity index (χ1n) is 7.67. The van der Waals surface area contributed by atoms with Crippen LogP contribution in [0.25, 0.3) is 10.8 Å². The Balaban J connectivity index is 0.00000176. The van der Waals surface area contributed by atoms with Crippen molar-refractivity contribution in [1.82, 2.24) is 4.90 Å². The highest BCUT2D eigenvalue weighted by Crippen LogP contribution is 2.32. The molecular weight excluding hydrogens is 298 g/mol. The molecule has 0 N–H and O–H groups in total. The SMILES string of the molecule is COc1cc2ccc(CCN3CCCC3)cc2cc1OC.Cl. The minimum absolute atomic E-state index is 0. The van der Waals surface area contributed by atoms with Crippen molar-refractivity contribution in [2.45, 2.75) is 19.3 Å². The molecule has 3 nitrogen and oxygen atoms in total. The van der Waals surface area contributed by atoms with E-state index in [0.717, 1.165) is 17.9 Å². The van der Waals surface area contributed by atoms with Crippen LogP contribution in [-0.2, 0) is 6.42 Å². The average molecular weight is 322 g/mol. The summed E-state index contributed by atoms with van der Waals surface area (Å²) in [5, 5.41) is 2.41. The van der Waals surface area contributed by atoms with Crippen LogP contribution in [0.2, 0.25) is 0 Å². The predicted molar refractivity (Wildman–Crippen MR) is 93.7 cm³/mol. The first-order valence-corrected chi connectivity index (χ1v) is 7.67. The number of methoxy groups -OCH3 is 2. The minimum atomic E-state index is 0. The van der Waals surface area contributed by atoms with Crippen molar-refractivity contribution in [2.75, 3.05) is 33.9 Å². The number of hydrogen-bond donors (Lipinski definition) is 0. The van der Waals surface area contributed by atoms with E-state index in [9.17, 15) is 0 Å². The molecule has 1 heterocycles. The van der Waals surface area contributed by atoms with E-state index >= 15 is 0 Å². The fraction of sp³-hybridized carbons (Fsp3) is 0.444. The third-order valence-corrected chi connectivity index (χ3v) is 4.32. The van der Waals surface area contributed by atoms with Crippen LogP contribution in [0, 0.1) is 0 Å². The van der Waals surface area contributed by atoms with Gasteiger partial charge in [-0.15, -0.1) is 12.4 Å². The van der Waals surface area contributed by atoms with Gasteiger partial charge in [-0.3, -0.25) is 0 Å². The Bertz CT molecular complexity index is 624. The summed E-state index contributed by atoms with van der Waals surface area (Å²) in [4.78, 5) is 2.55. The van der Waals surface area contributed by atoms with E-state index in [2.05, 4.69) is 29.2 Å². The Morgan fingerprint density at radius 1 is 0.909 bits per heavy atom. The lowest BCUT2D eigenvalue weighted by Gasteiger charge is -2.15. The number of nitrogens with zero attached hydrogens (tertiary/aromatic N) is 1. The van der Waals surface area contributed by atoms with Crippen molar-refractivity contribution < 1.29 is 9.47 Å². The number of halogens is 1. The molecule has 4 heteroatoms. The number of fused-ring (bicyclic) bond motifs is 1. The van der Waals surface area contributed by atoms with Gasteiger partial charge in [-0.1, -0.05) is 18.2 Å². The van der Waals surface area contributed by atoms with Gasteiger partial charge in [0.2, 0.25) is 0 Å². The maximum Gasteiger partial charge on any atom is 0.161 e. The molecule has 0 aromatic heterocycles. The topological polar surface area (TPSA) is 21.7 Å². The molecule has 1 aliphatic heterocycles. The third-order valence-electron chi connectivity index (χ3n) is 4.32. The molecule has 0 saturated carbocycles. The van der Waals surface area contributed by atoms with Gasteiger partial charge in [-0.05, 0) is 60.8 Å².